The number of nitrogens with zero attached hydrogens (tertiary/aromatic N) is 4. The van der Waals surface area contributed by atoms with E-state index < -0.39 is 17.3 Å². The van der Waals surface area contributed by atoms with Crippen molar-refractivity contribution in [2.24, 2.45) is 0 Å². The monoisotopic (exact) mass is 327 g/mol. The lowest BCUT2D eigenvalue weighted by atomic mass is 10.1. The summed E-state index contributed by atoms with van der Waals surface area (Å²) in [6.07, 6.45) is -4.58. The topological polar surface area (TPSA) is 84.0 Å². The molecule has 0 aromatic carbocycles. The molecule has 2 aromatic heterocycles. The van der Waals surface area contributed by atoms with Crippen LogP contribution < -0.4 is 10.5 Å². The Kier molecular flexibility index (Phi) is 3.99. The Hall–Kier alpha value is -2.49. The van der Waals surface area contributed by atoms with E-state index >= 15 is 0 Å². The summed E-state index contributed by atoms with van der Waals surface area (Å²) in [7, 11) is 0. The molecule has 1 aliphatic heterocycles. The molecule has 0 radical (unpaired) electrons. The lowest BCUT2D eigenvalue weighted by molar-refractivity contribution is -0.137. The van der Waals surface area contributed by atoms with Gasteiger partial charge in [0.1, 0.15) is 17.0 Å². The van der Waals surface area contributed by atoms with Crippen molar-refractivity contribution in [1.82, 2.24) is 20.4 Å². The number of nitrogens with one attached hydrogen (secondary N) is 1. The number of morpholine rings is 1. The molecule has 1 saturated heterocycles. The van der Waals surface area contributed by atoms with E-state index in [-0.39, 0.29) is 17.2 Å². The van der Waals surface area contributed by atoms with Crippen molar-refractivity contribution in [2.45, 2.75) is 6.18 Å². The average molecular weight is 327 g/mol. The summed E-state index contributed by atoms with van der Waals surface area (Å²) < 4.78 is 45.2. The van der Waals surface area contributed by atoms with E-state index in [1.165, 1.54) is 11.0 Å². The molecule has 1 fully saturated rings. The van der Waals surface area contributed by atoms with Gasteiger partial charge in [0.25, 0.3) is 5.56 Å². The highest BCUT2D eigenvalue weighted by Gasteiger charge is 2.37. The van der Waals surface area contributed by atoms with E-state index in [0.717, 1.165) is 12.1 Å². The molecule has 1 aliphatic rings. The molecule has 3 rings (SSSR count). The number of ether oxygens (including phenoxy) is 1. The second kappa shape index (κ2) is 5.95. The number of rotatable bonds is 2. The fourth-order valence-electron chi connectivity index (χ4n) is 2.21. The second-order valence-corrected chi connectivity index (χ2v) is 4.87. The SMILES string of the molecule is O=c1ccc(-c2cc(C(F)(F)F)c(N3CCOCC3)nn2)n[nH]1. The first-order chi connectivity index (χ1) is 10.9. The van der Waals surface area contributed by atoms with Crippen LogP contribution in [-0.4, -0.2) is 46.7 Å². The van der Waals surface area contributed by atoms with E-state index in [1.807, 2.05) is 0 Å². The molecule has 10 heteroatoms. The van der Waals surface area contributed by atoms with Crippen molar-refractivity contribution in [2.75, 3.05) is 31.2 Å². The van der Waals surface area contributed by atoms with Gasteiger partial charge in [0.2, 0.25) is 0 Å². The first kappa shape index (κ1) is 15.4. The summed E-state index contributed by atoms with van der Waals surface area (Å²) in [5, 5.41) is 13.4. The molecule has 0 atom stereocenters. The molecule has 0 unspecified atom stereocenters. The normalized spacial score (nSPS) is 15.7. The highest BCUT2D eigenvalue weighted by Crippen LogP contribution is 2.36. The number of anilines is 1. The van der Waals surface area contributed by atoms with E-state index in [4.69, 9.17) is 4.74 Å². The van der Waals surface area contributed by atoms with Crippen molar-refractivity contribution in [3.05, 3.63) is 34.1 Å². The first-order valence-electron chi connectivity index (χ1n) is 6.79. The lowest BCUT2D eigenvalue weighted by Gasteiger charge is -2.29. The van der Waals surface area contributed by atoms with Gasteiger partial charge in [-0.05, 0) is 12.1 Å². The van der Waals surface area contributed by atoms with Crippen molar-refractivity contribution in [3.63, 3.8) is 0 Å². The largest absolute Gasteiger partial charge is 0.420 e. The second-order valence-electron chi connectivity index (χ2n) is 4.87. The Morgan fingerprint density at radius 2 is 1.87 bits per heavy atom. The van der Waals surface area contributed by atoms with Crippen LogP contribution in [0.5, 0.6) is 0 Å². The fourth-order valence-corrected chi connectivity index (χ4v) is 2.21. The molecule has 1 N–H and O–H groups in total. The average Bonchev–Trinajstić information content (AvgIpc) is 2.55. The number of aromatic nitrogens is 4. The maximum atomic E-state index is 13.4. The van der Waals surface area contributed by atoms with Crippen LogP contribution in [0.1, 0.15) is 5.56 Å². The van der Waals surface area contributed by atoms with Crippen molar-refractivity contribution in [3.8, 4) is 11.4 Å². The van der Waals surface area contributed by atoms with Gasteiger partial charge in [0, 0.05) is 19.2 Å². The molecule has 0 amide bonds. The summed E-state index contributed by atoms with van der Waals surface area (Å²) in [6.45, 7) is 1.30. The molecule has 122 valence electrons. The first-order valence-corrected chi connectivity index (χ1v) is 6.79. The maximum absolute atomic E-state index is 13.4. The summed E-state index contributed by atoms with van der Waals surface area (Å²) >= 11 is 0. The molecule has 7 nitrogen and oxygen atoms in total. The Morgan fingerprint density at radius 1 is 1.13 bits per heavy atom. The Morgan fingerprint density at radius 3 is 2.48 bits per heavy atom. The number of halogens is 3. The van der Waals surface area contributed by atoms with Crippen LogP contribution in [0.25, 0.3) is 11.4 Å². The van der Waals surface area contributed by atoms with Gasteiger partial charge in [-0.25, -0.2) is 5.10 Å². The van der Waals surface area contributed by atoms with Gasteiger partial charge in [-0.1, -0.05) is 0 Å². The minimum Gasteiger partial charge on any atom is -0.378 e. The van der Waals surface area contributed by atoms with Gasteiger partial charge < -0.3 is 9.64 Å². The number of alkyl halides is 3. The van der Waals surface area contributed by atoms with Gasteiger partial charge in [0.05, 0.1) is 13.2 Å². The van der Waals surface area contributed by atoms with Crippen LogP contribution >= 0.6 is 0 Å². The van der Waals surface area contributed by atoms with Crippen molar-refractivity contribution >= 4 is 5.82 Å². The summed E-state index contributed by atoms with van der Waals surface area (Å²) in [5.74, 6) is -0.228. The third-order valence-corrected chi connectivity index (χ3v) is 3.33. The number of H-pyrrole nitrogens is 1. The molecule has 0 spiro atoms. The maximum Gasteiger partial charge on any atom is 0.420 e. The van der Waals surface area contributed by atoms with E-state index in [9.17, 15) is 18.0 Å². The zero-order valence-corrected chi connectivity index (χ0v) is 11.8. The van der Waals surface area contributed by atoms with Gasteiger partial charge in [-0.15, -0.1) is 10.2 Å². The molecule has 3 heterocycles. The van der Waals surface area contributed by atoms with Gasteiger partial charge in [-0.3, -0.25) is 4.79 Å². The molecule has 0 saturated carbocycles. The minimum atomic E-state index is -4.58. The van der Waals surface area contributed by atoms with Crippen LogP contribution in [0.2, 0.25) is 0 Å². The highest BCUT2D eigenvalue weighted by atomic mass is 19.4. The summed E-state index contributed by atoms with van der Waals surface area (Å²) in [5.41, 5.74) is -1.30. The molecular weight excluding hydrogens is 315 g/mol. The molecule has 2 aromatic rings. The van der Waals surface area contributed by atoms with Gasteiger partial charge in [-0.2, -0.15) is 18.3 Å². The van der Waals surface area contributed by atoms with E-state index in [0.29, 0.717) is 26.3 Å². The van der Waals surface area contributed by atoms with Crippen LogP contribution in [0.3, 0.4) is 0 Å². The molecule has 0 aliphatic carbocycles. The Labute approximate surface area is 128 Å². The van der Waals surface area contributed by atoms with E-state index in [2.05, 4.69) is 20.4 Å². The minimum absolute atomic E-state index is 0.0643. The summed E-state index contributed by atoms with van der Waals surface area (Å²) in [6, 6.07) is 3.34. The van der Waals surface area contributed by atoms with Crippen molar-refractivity contribution in [1.29, 1.82) is 0 Å². The zero-order chi connectivity index (χ0) is 16.4. The van der Waals surface area contributed by atoms with Crippen molar-refractivity contribution < 1.29 is 17.9 Å². The van der Waals surface area contributed by atoms with Crippen LogP contribution in [-0.2, 0) is 10.9 Å². The molecule has 23 heavy (non-hydrogen) atoms. The third kappa shape index (κ3) is 3.31. The number of aromatic amines is 1. The molecule has 0 bridgehead atoms. The van der Waals surface area contributed by atoms with Crippen LogP contribution in [0.15, 0.2) is 23.0 Å². The standard InChI is InChI=1S/C13H12F3N5O2/c14-13(15,16)8-7-10(9-1-2-11(22)19-17-9)18-20-12(8)21-3-5-23-6-4-21/h1-2,7H,3-6H2,(H,19,22). The predicted octanol–water partition coefficient (Wildman–Crippen LogP) is 1.08. The lowest BCUT2D eigenvalue weighted by Crippen LogP contribution is -2.38. The Bertz CT molecular complexity index is 736. The van der Waals surface area contributed by atoms with E-state index in [1.54, 1.807) is 0 Å². The van der Waals surface area contributed by atoms with Gasteiger partial charge in [0.15, 0.2) is 5.82 Å². The zero-order valence-electron chi connectivity index (χ0n) is 11.8. The fraction of sp³-hybridized carbons (Fsp3) is 0.385. The third-order valence-electron chi connectivity index (χ3n) is 3.33. The molecular formula is C13H12F3N5O2. The number of hydrogen-bond acceptors (Lipinski definition) is 6. The number of hydrogen-bond donors (Lipinski definition) is 1. The quantitative estimate of drug-likeness (QED) is 0.889. The highest BCUT2D eigenvalue weighted by molar-refractivity contribution is 5.59. The smallest absolute Gasteiger partial charge is 0.378 e. The summed E-state index contributed by atoms with van der Waals surface area (Å²) in [4.78, 5) is 12.5. The van der Waals surface area contributed by atoms with Gasteiger partial charge >= 0.3 is 6.18 Å². The Balaban J connectivity index is 2.04. The van der Waals surface area contributed by atoms with Crippen LogP contribution in [0, 0.1) is 0 Å². The van der Waals surface area contributed by atoms with Crippen LogP contribution in [0.4, 0.5) is 19.0 Å². The predicted molar refractivity (Wildman–Crippen MR) is 73.9 cm³/mol.